The second-order valence-electron chi connectivity index (χ2n) is 8.31. The molecule has 0 aliphatic heterocycles. The van der Waals surface area contributed by atoms with Crippen LogP contribution in [0.1, 0.15) is 39.5 Å². The zero-order valence-electron chi connectivity index (χ0n) is 17.7. The molecule has 0 amide bonds. The SMILES string of the molecule is O=C1C[C@@H](c2ccccc2)Cc2c1cc(-c1ccc(Br)cc1)n2-c1ccc(CCO)cc1. The van der Waals surface area contributed by atoms with Crippen molar-refractivity contribution < 1.29 is 9.90 Å². The Bertz CT molecular complexity index is 1240. The molecule has 0 saturated heterocycles. The van der Waals surface area contributed by atoms with Crippen LogP contribution in [0.2, 0.25) is 0 Å². The Hall–Kier alpha value is -2.95. The molecule has 5 rings (SSSR count). The van der Waals surface area contributed by atoms with Crippen LogP contribution in [0, 0.1) is 0 Å². The summed E-state index contributed by atoms with van der Waals surface area (Å²) >= 11 is 3.52. The lowest BCUT2D eigenvalue weighted by atomic mass is 9.82. The number of rotatable bonds is 5. The molecule has 1 aromatic heterocycles. The van der Waals surface area contributed by atoms with Gasteiger partial charge in [-0.3, -0.25) is 4.79 Å². The van der Waals surface area contributed by atoms with E-state index in [0.717, 1.165) is 44.7 Å². The van der Waals surface area contributed by atoms with Gasteiger partial charge >= 0.3 is 0 Å². The molecule has 3 aromatic carbocycles. The number of ketones is 1. The molecule has 1 atom stereocenters. The number of aliphatic hydroxyl groups excluding tert-OH is 1. The van der Waals surface area contributed by atoms with E-state index in [0.29, 0.717) is 12.8 Å². The first-order valence-electron chi connectivity index (χ1n) is 10.9. The van der Waals surface area contributed by atoms with Gasteiger partial charge in [0.25, 0.3) is 0 Å². The molecule has 0 unspecified atom stereocenters. The van der Waals surface area contributed by atoms with Gasteiger partial charge in [-0.2, -0.15) is 0 Å². The molecule has 4 aromatic rings. The van der Waals surface area contributed by atoms with E-state index >= 15 is 0 Å². The molecular formula is C28H24BrNO2. The number of aliphatic hydroxyl groups is 1. The van der Waals surface area contributed by atoms with Crippen LogP contribution in [0.4, 0.5) is 0 Å². The van der Waals surface area contributed by atoms with Gasteiger partial charge in [-0.05, 0) is 65.8 Å². The third-order valence-corrected chi connectivity index (χ3v) is 6.81. The summed E-state index contributed by atoms with van der Waals surface area (Å²) in [5, 5.41) is 9.27. The third kappa shape index (κ3) is 3.96. The van der Waals surface area contributed by atoms with E-state index in [1.807, 2.05) is 30.3 Å². The first-order valence-corrected chi connectivity index (χ1v) is 11.7. The lowest BCUT2D eigenvalue weighted by Crippen LogP contribution is -2.20. The van der Waals surface area contributed by atoms with Gasteiger partial charge < -0.3 is 9.67 Å². The third-order valence-electron chi connectivity index (χ3n) is 6.28. The van der Waals surface area contributed by atoms with Crippen LogP contribution < -0.4 is 0 Å². The van der Waals surface area contributed by atoms with Gasteiger partial charge in [0.15, 0.2) is 5.78 Å². The Labute approximate surface area is 196 Å². The van der Waals surface area contributed by atoms with Crippen molar-refractivity contribution in [3.8, 4) is 16.9 Å². The summed E-state index contributed by atoms with van der Waals surface area (Å²) < 4.78 is 3.27. The fraction of sp³-hybridized carbons (Fsp3) is 0.179. The minimum Gasteiger partial charge on any atom is -0.396 e. The average molecular weight is 486 g/mol. The van der Waals surface area contributed by atoms with Gasteiger partial charge in [0.05, 0.1) is 5.69 Å². The number of halogens is 1. The maximum Gasteiger partial charge on any atom is 0.165 e. The number of carbonyl (C=O) groups excluding carboxylic acids is 1. The number of fused-ring (bicyclic) bond motifs is 1. The second kappa shape index (κ2) is 8.89. The quantitative estimate of drug-likeness (QED) is 0.357. The van der Waals surface area contributed by atoms with Crippen molar-refractivity contribution in [3.05, 3.63) is 112 Å². The maximum atomic E-state index is 13.2. The Kier molecular flexibility index (Phi) is 5.81. The number of hydrogen-bond acceptors (Lipinski definition) is 2. The summed E-state index contributed by atoms with van der Waals surface area (Å²) in [5.74, 6) is 0.380. The van der Waals surface area contributed by atoms with Crippen molar-refractivity contribution in [2.75, 3.05) is 6.61 Å². The molecule has 1 heterocycles. The van der Waals surface area contributed by atoms with E-state index in [-0.39, 0.29) is 18.3 Å². The number of nitrogens with zero attached hydrogens (tertiary/aromatic N) is 1. The molecular weight excluding hydrogens is 462 g/mol. The molecule has 0 bridgehead atoms. The predicted molar refractivity (Wildman–Crippen MR) is 132 cm³/mol. The van der Waals surface area contributed by atoms with Gasteiger partial charge in [0.1, 0.15) is 0 Å². The van der Waals surface area contributed by atoms with E-state index < -0.39 is 0 Å². The smallest absolute Gasteiger partial charge is 0.165 e. The summed E-state index contributed by atoms with van der Waals surface area (Å²) in [6.07, 6.45) is 1.99. The van der Waals surface area contributed by atoms with Crippen LogP contribution in [0.15, 0.2) is 89.4 Å². The van der Waals surface area contributed by atoms with Gasteiger partial charge in [-0.15, -0.1) is 0 Å². The van der Waals surface area contributed by atoms with Crippen molar-refractivity contribution in [2.45, 2.75) is 25.2 Å². The highest BCUT2D eigenvalue weighted by Gasteiger charge is 2.31. The van der Waals surface area contributed by atoms with E-state index in [9.17, 15) is 9.90 Å². The van der Waals surface area contributed by atoms with Crippen LogP contribution in [0.25, 0.3) is 16.9 Å². The summed E-state index contributed by atoms with van der Waals surface area (Å²) in [7, 11) is 0. The Morgan fingerprint density at radius 2 is 1.62 bits per heavy atom. The van der Waals surface area contributed by atoms with Crippen molar-refractivity contribution in [1.29, 1.82) is 0 Å². The maximum absolute atomic E-state index is 13.2. The Balaban J connectivity index is 1.66. The van der Waals surface area contributed by atoms with Crippen LogP contribution in [-0.2, 0) is 12.8 Å². The Morgan fingerprint density at radius 3 is 2.31 bits per heavy atom. The highest BCUT2D eigenvalue weighted by molar-refractivity contribution is 9.10. The van der Waals surface area contributed by atoms with Gasteiger partial charge in [-0.25, -0.2) is 0 Å². The first kappa shape index (κ1) is 20.9. The van der Waals surface area contributed by atoms with E-state index in [1.54, 1.807) is 0 Å². The number of aromatic nitrogens is 1. The zero-order valence-corrected chi connectivity index (χ0v) is 19.3. The van der Waals surface area contributed by atoms with Gasteiger partial charge in [-0.1, -0.05) is 70.5 Å². The average Bonchev–Trinajstić information content (AvgIpc) is 3.21. The lowest BCUT2D eigenvalue weighted by molar-refractivity contribution is 0.0963. The summed E-state index contributed by atoms with van der Waals surface area (Å²) in [6.45, 7) is 0.135. The highest BCUT2D eigenvalue weighted by Crippen LogP contribution is 2.39. The number of hydrogen-bond donors (Lipinski definition) is 1. The summed E-state index contributed by atoms with van der Waals surface area (Å²) in [6, 6.07) is 28.9. The predicted octanol–water partition coefficient (Wildman–Crippen LogP) is 6.35. The molecule has 0 radical (unpaired) electrons. The topological polar surface area (TPSA) is 42.2 Å². The molecule has 0 saturated carbocycles. The van der Waals surface area contributed by atoms with Crippen LogP contribution in [0.3, 0.4) is 0 Å². The zero-order chi connectivity index (χ0) is 22.1. The van der Waals surface area contributed by atoms with Gasteiger partial charge in [0, 0.05) is 34.4 Å². The van der Waals surface area contributed by atoms with Crippen LogP contribution in [0.5, 0.6) is 0 Å². The molecule has 4 heteroatoms. The minimum absolute atomic E-state index is 0.135. The number of benzene rings is 3. The Morgan fingerprint density at radius 1 is 0.906 bits per heavy atom. The summed E-state index contributed by atoms with van der Waals surface area (Å²) in [5.41, 5.74) is 7.35. The highest BCUT2D eigenvalue weighted by atomic mass is 79.9. The van der Waals surface area contributed by atoms with Crippen LogP contribution >= 0.6 is 15.9 Å². The monoisotopic (exact) mass is 485 g/mol. The molecule has 1 aliphatic rings. The molecule has 1 N–H and O–H groups in total. The number of carbonyl (C=O) groups is 1. The van der Waals surface area contributed by atoms with Crippen molar-refractivity contribution in [3.63, 3.8) is 0 Å². The molecule has 0 spiro atoms. The fourth-order valence-electron chi connectivity index (χ4n) is 4.66. The molecule has 1 aliphatic carbocycles. The lowest BCUT2D eigenvalue weighted by Gasteiger charge is -2.24. The first-order chi connectivity index (χ1) is 15.6. The molecule has 3 nitrogen and oxygen atoms in total. The standard InChI is InChI=1S/C28H24BrNO2/c29-23-10-8-21(9-11-23)26-18-25-27(30(26)24-12-6-19(7-13-24)14-15-31)16-22(17-28(25)32)20-4-2-1-3-5-20/h1-13,18,22,31H,14-17H2/t22-/m0/s1. The second-order valence-corrected chi connectivity index (χ2v) is 9.23. The van der Waals surface area contributed by atoms with Gasteiger partial charge in [0.2, 0.25) is 0 Å². The largest absolute Gasteiger partial charge is 0.396 e. The van der Waals surface area contributed by atoms with Crippen LogP contribution in [-0.4, -0.2) is 22.1 Å². The molecule has 0 fully saturated rings. The minimum atomic E-state index is 0.135. The molecule has 32 heavy (non-hydrogen) atoms. The number of Topliss-reactive ketones (excluding diaryl/α,β-unsaturated/α-hetero) is 1. The van der Waals surface area contributed by atoms with Crippen molar-refractivity contribution >= 4 is 21.7 Å². The fourth-order valence-corrected chi connectivity index (χ4v) is 4.93. The molecule has 160 valence electrons. The van der Waals surface area contributed by atoms with Crippen molar-refractivity contribution in [1.82, 2.24) is 4.57 Å². The normalized spacial score (nSPS) is 15.6. The van der Waals surface area contributed by atoms with E-state index in [1.165, 1.54) is 5.56 Å². The van der Waals surface area contributed by atoms with E-state index in [4.69, 9.17) is 0 Å². The van der Waals surface area contributed by atoms with Crippen molar-refractivity contribution in [2.24, 2.45) is 0 Å². The van der Waals surface area contributed by atoms with E-state index in [2.05, 4.69) is 75.1 Å². The summed E-state index contributed by atoms with van der Waals surface area (Å²) in [4.78, 5) is 13.2.